The van der Waals surface area contributed by atoms with Gasteiger partial charge in [0.15, 0.2) is 0 Å². The molecule has 3 rings (SSSR count). The Morgan fingerprint density at radius 1 is 1.28 bits per heavy atom. The van der Waals surface area contributed by atoms with Crippen molar-refractivity contribution in [2.24, 2.45) is 0 Å². The summed E-state index contributed by atoms with van der Waals surface area (Å²) in [6.07, 6.45) is 0.504. The number of hydrogen-bond donors (Lipinski definition) is 1. The zero-order valence-electron chi connectivity index (χ0n) is 16.7. The van der Waals surface area contributed by atoms with Gasteiger partial charge in [-0.2, -0.15) is 4.98 Å². The Labute approximate surface area is 169 Å². The van der Waals surface area contributed by atoms with E-state index in [1.807, 2.05) is 19.9 Å². The Bertz CT molecular complexity index is 1000. The molecule has 0 unspecified atom stereocenters. The van der Waals surface area contributed by atoms with Crippen LogP contribution in [0.25, 0.3) is 11.4 Å². The molecule has 7 heteroatoms. The van der Waals surface area contributed by atoms with Crippen molar-refractivity contribution in [1.82, 2.24) is 15.0 Å². The maximum Gasteiger partial charge on any atom is 0.227 e. The highest BCUT2D eigenvalue weighted by molar-refractivity contribution is 5.76. The highest BCUT2D eigenvalue weighted by Crippen LogP contribution is 2.24. The van der Waals surface area contributed by atoms with Gasteiger partial charge in [0.25, 0.3) is 0 Å². The fraction of sp³-hybridized carbons (Fsp3) is 0.318. The molecule has 0 saturated heterocycles. The number of phenols is 1. The zero-order chi connectivity index (χ0) is 21.0. The standard InChI is InChI=1S/C22H24FN3O3/c1-4-26(15(3)16-6-5-7-18(27)12-16)21(28)11-10-20-24-22(25-29-20)17-9-8-14(2)19(23)13-17/h5-9,12-13,15,27H,4,10-11H2,1-3H3/t15-/m1/s1. The van der Waals surface area contributed by atoms with Gasteiger partial charge < -0.3 is 14.5 Å². The van der Waals surface area contributed by atoms with Crippen LogP contribution in [0.5, 0.6) is 5.75 Å². The summed E-state index contributed by atoms with van der Waals surface area (Å²) in [7, 11) is 0. The number of amides is 1. The van der Waals surface area contributed by atoms with Crippen molar-refractivity contribution >= 4 is 5.91 Å². The number of aromatic nitrogens is 2. The molecular formula is C22H24FN3O3. The van der Waals surface area contributed by atoms with Crippen LogP contribution in [0.4, 0.5) is 4.39 Å². The second-order valence-electron chi connectivity index (χ2n) is 6.93. The predicted octanol–water partition coefficient (Wildman–Crippen LogP) is 4.43. The van der Waals surface area contributed by atoms with E-state index in [1.165, 1.54) is 6.07 Å². The summed E-state index contributed by atoms with van der Waals surface area (Å²) in [6.45, 7) is 6.05. The van der Waals surface area contributed by atoms with Gasteiger partial charge in [0.1, 0.15) is 11.6 Å². The monoisotopic (exact) mass is 397 g/mol. The van der Waals surface area contributed by atoms with E-state index < -0.39 is 0 Å². The molecule has 0 fully saturated rings. The number of benzene rings is 2. The Balaban J connectivity index is 1.65. The Hall–Kier alpha value is -3.22. The molecule has 6 nitrogen and oxygen atoms in total. The highest BCUT2D eigenvalue weighted by Gasteiger charge is 2.21. The number of aromatic hydroxyl groups is 1. The number of carbonyl (C=O) groups excluding carboxylic acids is 1. The first-order chi connectivity index (χ1) is 13.9. The third-order valence-corrected chi connectivity index (χ3v) is 4.93. The van der Waals surface area contributed by atoms with E-state index in [4.69, 9.17) is 4.52 Å². The van der Waals surface area contributed by atoms with Crippen LogP contribution in [-0.4, -0.2) is 32.6 Å². The molecule has 3 aromatic rings. The van der Waals surface area contributed by atoms with Crippen LogP contribution in [0.2, 0.25) is 0 Å². The van der Waals surface area contributed by atoms with Gasteiger partial charge in [-0.25, -0.2) is 4.39 Å². The number of rotatable bonds is 7. The molecule has 1 atom stereocenters. The first kappa shape index (κ1) is 20.5. The summed E-state index contributed by atoms with van der Waals surface area (Å²) in [4.78, 5) is 18.7. The van der Waals surface area contributed by atoms with E-state index in [-0.39, 0.29) is 29.9 Å². The minimum Gasteiger partial charge on any atom is -0.508 e. The Kier molecular flexibility index (Phi) is 6.26. The molecule has 2 aromatic carbocycles. The molecular weight excluding hydrogens is 373 g/mol. The zero-order valence-corrected chi connectivity index (χ0v) is 16.7. The highest BCUT2D eigenvalue weighted by atomic mass is 19.1. The SMILES string of the molecule is CCN(C(=O)CCc1nc(-c2ccc(C)c(F)c2)no1)[C@H](C)c1cccc(O)c1. The van der Waals surface area contributed by atoms with E-state index >= 15 is 0 Å². The van der Waals surface area contributed by atoms with Crippen molar-refractivity contribution in [3.05, 3.63) is 65.3 Å². The lowest BCUT2D eigenvalue weighted by atomic mass is 10.1. The number of phenolic OH excluding ortho intramolecular Hbond substituents is 1. The number of nitrogens with zero attached hydrogens (tertiary/aromatic N) is 3. The minimum atomic E-state index is -0.330. The van der Waals surface area contributed by atoms with Gasteiger partial charge in [-0.05, 0) is 50.1 Å². The largest absolute Gasteiger partial charge is 0.508 e. The van der Waals surface area contributed by atoms with E-state index in [1.54, 1.807) is 42.2 Å². The van der Waals surface area contributed by atoms with Crippen LogP contribution in [0.1, 0.15) is 43.3 Å². The maximum absolute atomic E-state index is 13.7. The van der Waals surface area contributed by atoms with Crippen LogP contribution in [0.15, 0.2) is 47.0 Å². The number of aryl methyl sites for hydroxylation is 2. The third kappa shape index (κ3) is 4.80. The molecule has 0 saturated carbocycles. The topological polar surface area (TPSA) is 79.5 Å². The molecule has 1 aromatic heterocycles. The van der Waals surface area contributed by atoms with E-state index in [0.29, 0.717) is 35.8 Å². The van der Waals surface area contributed by atoms with Crippen molar-refractivity contribution in [1.29, 1.82) is 0 Å². The van der Waals surface area contributed by atoms with Crippen LogP contribution in [0, 0.1) is 12.7 Å². The van der Waals surface area contributed by atoms with E-state index in [2.05, 4.69) is 10.1 Å². The number of carbonyl (C=O) groups is 1. The molecule has 1 N–H and O–H groups in total. The Morgan fingerprint density at radius 3 is 2.76 bits per heavy atom. The molecule has 29 heavy (non-hydrogen) atoms. The van der Waals surface area contributed by atoms with Gasteiger partial charge in [-0.15, -0.1) is 0 Å². The van der Waals surface area contributed by atoms with Crippen molar-refractivity contribution < 1.29 is 18.8 Å². The maximum atomic E-state index is 13.7. The van der Waals surface area contributed by atoms with Crippen molar-refractivity contribution in [2.45, 2.75) is 39.7 Å². The summed E-state index contributed by atoms with van der Waals surface area (Å²) in [6, 6.07) is 11.5. The van der Waals surface area contributed by atoms with Crippen molar-refractivity contribution in [3.63, 3.8) is 0 Å². The van der Waals surface area contributed by atoms with Gasteiger partial charge in [-0.3, -0.25) is 4.79 Å². The summed E-state index contributed by atoms with van der Waals surface area (Å²) in [5, 5.41) is 13.6. The minimum absolute atomic E-state index is 0.0514. The molecule has 1 amide bonds. The first-order valence-corrected chi connectivity index (χ1v) is 9.56. The number of halogens is 1. The van der Waals surface area contributed by atoms with E-state index in [9.17, 15) is 14.3 Å². The molecule has 0 spiro atoms. The van der Waals surface area contributed by atoms with Gasteiger partial charge in [0.05, 0.1) is 6.04 Å². The lowest BCUT2D eigenvalue weighted by molar-refractivity contribution is -0.133. The predicted molar refractivity (Wildman–Crippen MR) is 107 cm³/mol. The average Bonchev–Trinajstić information content (AvgIpc) is 3.18. The lowest BCUT2D eigenvalue weighted by Crippen LogP contribution is -2.33. The molecule has 0 bridgehead atoms. The van der Waals surface area contributed by atoms with Gasteiger partial charge in [0, 0.05) is 24.9 Å². The van der Waals surface area contributed by atoms with Crippen LogP contribution in [0.3, 0.4) is 0 Å². The summed E-state index contributed by atoms with van der Waals surface area (Å²) in [5.41, 5.74) is 1.94. The van der Waals surface area contributed by atoms with E-state index in [0.717, 1.165) is 5.56 Å². The smallest absolute Gasteiger partial charge is 0.227 e. The Morgan fingerprint density at radius 2 is 2.07 bits per heavy atom. The molecule has 0 radical (unpaired) electrons. The molecule has 0 aliphatic rings. The molecule has 0 aliphatic carbocycles. The lowest BCUT2D eigenvalue weighted by Gasteiger charge is -2.28. The van der Waals surface area contributed by atoms with Gasteiger partial charge >= 0.3 is 0 Å². The van der Waals surface area contributed by atoms with Crippen LogP contribution < -0.4 is 0 Å². The summed E-state index contributed by atoms with van der Waals surface area (Å²) >= 11 is 0. The first-order valence-electron chi connectivity index (χ1n) is 9.56. The normalized spacial score (nSPS) is 12.0. The summed E-state index contributed by atoms with van der Waals surface area (Å²) < 4.78 is 19.0. The molecule has 1 heterocycles. The molecule has 0 aliphatic heterocycles. The second kappa shape index (κ2) is 8.86. The van der Waals surface area contributed by atoms with Crippen LogP contribution >= 0.6 is 0 Å². The fourth-order valence-corrected chi connectivity index (χ4v) is 3.19. The number of hydrogen-bond acceptors (Lipinski definition) is 5. The third-order valence-electron chi connectivity index (χ3n) is 4.93. The summed E-state index contributed by atoms with van der Waals surface area (Å²) in [5.74, 6) is 0.416. The fourth-order valence-electron chi connectivity index (χ4n) is 3.19. The quantitative estimate of drug-likeness (QED) is 0.638. The van der Waals surface area contributed by atoms with Gasteiger partial charge in [-0.1, -0.05) is 29.4 Å². The van der Waals surface area contributed by atoms with Crippen molar-refractivity contribution in [2.75, 3.05) is 6.54 Å². The van der Waals surface area contributed by atoms with Crippen molar-refractivity contribution in [3.8, 4) is 17.1 Å². The van der Waals surface area contributed by atoms with Crippen LogP contribution in [-0.2, 0) is 11.2 Å². The molecule has 152 valence electrons. The van der Waals surface area contributed by atoms with Gasteiger partial charge in [0.2, 0.25) is 17.6 Å². The second-order valence-corrected chi connectivity index (χ2v) is 6.93. The average molecular weight is 397 g/mol.